The minimum Gasteiger partial charge on any atom is -0.508 e. The molecule has 0 bridgehead atoms. The molecule has 3 heteroatoms. The van der Waals surface area contributed by atoms with Crippen molar-refractivity contribution in [3.05, 3.63) is 41.5 Å². The maximum absolute atomic E-state index is 11.6. The van der Waals surface area contributed by atoms with E-state index < -0.39 is 0 Å². The summed E-state index contributed by atoms with van der Waals surface area (Å²) in [7, 11) is 0. The molecule has 0 aromatic heterocycles. The molecule has 86 valence electrons. The zero-order valence-electron chi connectivity index (χ0n) is 9.31. The van der Waals surface area contributed by atoms with Crippen molar-refractivity contribution >= 4 is 16.7 Å². The maximum atomic E-state index is 11.6. The molecule has 0 spiro atoms. The zero-order chi connectivity index (χ0) is 12.0. The Bertz CT molecular complexity index is 615. The fraction of sp³-hybridized carbons (Fsp3) is 0.214. The fourth-order valence-electron chi connectivity index (χ4n) is 2.34. The Balaban J connectivity index is 2.33. The summed E-state index contributed by atoms with van der Waals surface area (Å²) < 4.78 is 0. The van der Waals surface area contributed by atoms with E-state index >= 15 is 0 Å². The van der Waals surface area contributed by atoms with Crippen LogP contribution in [0.15, 0.2) is 30.3 Å². The summed E-state index contributed by atoms with van der Waals surface area (Å²) in [5.74, 6) is 0.297. The van der Waals surface area contributed by atoms with Gasteiger partial charge in [0.1, 0.15) is 5.75 Å². The maximum Gasteiger partial charge on any atom is 0.249 e. The van der Waals surface area contributed by atoms with Crippen LogP contribution in [-0.4, -0.2) is 11.0 Å². The number of benzene rings is 2. The van der Waals surface area contributed by atoms with Gasteiger partial charge in [0.15, 0.2) is 0 Å². The average molecular weight is 227 g/mol. The lowest BCUT2D eigenvalue weighted by Crippen LogP contribution is -2.14. The molecule has 2 aromatic rings. The van der Waals surface area contributed by atoms with Crippen molar-refractivity contribution in [3.8, 4) is 5.75 Å². The third-order valence-electron chi connectivity index (χ3n) is 3.30. The highest BCUT2D eigenvalue weighted by molar-refractivity contribution is 6.08. The quantitative estimate of drug-likeness (QED) is 0.828. The molecule has 1 saturated carbocycles. The molecule has 0 radical (unpaired) electrons. The molecule has 0 aliphatic heterocycles. The lowest BCUT2D eigenvalue weighted by atomic mass is 9.95. The summed E-state index contributed by atoms with van der Waals surface area (Å²) in [6.45, 7) is 0. The molecule has 2 aromatic carbocycles. The van der Waals surface area contributed by atoms with Crippen LogP contribution in [0, 0.1) is 0 Å². The van der Waals surface area contributed by atoms with Gasteiger partial charge in [-0.05, 0) is 53.3 Å². The van der Waals surface area contributed by atoms with Gasteiger partial charge in [-0.3, -0.25) is 4.79 Å². The molecule has 1 aliphatic rings. The number of aromatic hydroxyl groups is 1. The van der Waals surface area contributed by atoms with Crippen molar-refractivity contribution in [2.24, 2.45) is 5.73 Å². The molecule has 1 amide bonds. The Hall–Kier alpha value is -2.03. The molecule has 1 aliphatic carbocycles. The highest BCUT2D eigenvalue weighted by atomic mass is 16.3. The van der Waals surface area contributed by atoms with Crippen molar-refractivity contribution in [2.45, 2.75) is 18.8 Å². The number of rotatable bonds is 2. The molecule has 17 heavy (non-hydrogen) atoms. The minimum atomic E-state index is -0.386. The minimum absolute atomic E-state index is 0.201. The number of phenolic OH excluding ortho intramolecular Hbond substituents is 1. The predicted molar refractivity (Wildman–Crippen MR) is 66.1 cm³/mol. The summed E-state index contributed by atoms with van der Waals surface area (Å²) in [5.41, 5.74) is 7.15. The topological polar surface area (TPSA) is 63.3 Å². The van der Waals surface area contributed by atoms with Crippen LogP contribution >= 0.6 is 0 Å². The molecular formula is C14H13NO2. The molecular weight excluding hydrogens is 214 g/mol. The number of primary amides is 1. The second-order valence-electron chi connectivity index (χ2n) is 4.57. The summed E-state index contributed by atoms with van der Waals surface area (Å²) in [6, 6.07) is 8.90. The molecule has 3 N–H and O–H groups in total. The Morgan fingerprint density at radius 2 is 2.00 bits per heavy atom. The number of hydrogen-bond donors (Lipinski definition) is 2. The van der Waals surface area contributed by atoms with Gasteiger partial charge in [-0.25, -0.2) is 0 Å². The van der Waals surface area contributed by atoms with Crippen LogP contribution in [0.1, 0.15) is 34.7 Å². The standard InChI is InChI=1S/C14H13NO2/c15-14(17)13-11(8-1-2-8)5-3-9-7-10(16)4-6-12(9)13/h3-8,16H,1-2H2,(H2,15,17). The van der Waals surface area contributed by atoms with Gasteiger partial charge in [0, 0.05) is 0 Å². The second kappa shape index (κ2) is 3.48. The highest BCUT2D eigenvalue weighted by Crippen LogP contribution is 2.43. The normalized spacial score (nSPS) is 15.1. The lowest BCUT2D eigenvalue weighted by Gasteiger charge is -2.09. The van der Waals surface area contributed by atoms with E-state index in [1.54, 1.807) is 18.2 Å². The summed E-state index contributed by atoms with van der Waals surface area (Å²) in [5, 5.41) is 11.1. The Labute approximate surface area is 98.9 Å². The number of phenols is 1. The van der Waals surface area contributed by atoms with Gasteiger partial charge in [0.05, 0.1) is 5.56 Å². The highest BCUT2D eigenvalue weighted by Gasteiger charge is 2.28. The fourth-order valence-corrected chi connectivity index (χ4v) is 2.34. The van der Waals surface area contributed by atoms with Gasteiger partial charge in [0.2, 0.25) is 5.91 Å². The monoisotopic (exact) mass is 227 g/mol. The predicted octanol–water partition coefficient (Wildman–Crippen LogP) is 2.52. The Morgan fingerprint density at radius 3 is 2.65 bits per heavy atom. The lowest BCUT2D eigenvalue weighted by molar-refractivity contribution is 0.100. The van der Waals surface area contributed by atoms with Gasteiger partial charge in [0.25, 0.3) is 0 Å². The van der Waals surface area contributed by atoms with Gasteiger partial charge in [-0.1, -0.05) is 12.1 Å². The summed E-state index contributed by atoms with van der Waals surface area (Å²) in [4.78, 5) is 11.6. The van der Waals surface area contributed by atoms with E-state index in [4.69, 9.17) is 5.73 Å². The van der Waals surface area contributed by atoms with Gasteiger partial charge in [-0.15, -0.1) is 0 Å². The first-order valence-corrected chi connectivity index (χ1v) is 5.72. The molecule has 3 rings (SSSR count). The van der Waals surface area contributed by atoms with Crippen molar-refractivity contribution < 1.29 is 9.90 Å². The first-order valence-electron chi connectivity index (χ1n) is 5.72. The Kier molecular flexibility index (Phi) is 2.08. The van der Waals surface area contributed by atoms with Crippen LogP contribution in [0.2, 0.25) is 0 Å². The van der Waals surface area contributed by atoms with Crippen molar-refractivity contribution in [3.63, 3.8) is 0 Å². The number of fused-ring (bicyclic) bond motifs is 1. The van der Waals surface area contributed by atoms with Crippen LogP contribution < -0.4 is 5.73 Å². The number of carbonyl (C=O) groups excluding carboxylic acids is 1. The van der Waals surface area contributed by atoms with Crippen molar-refractivity contribution in [1.82, 2.24) is 0 Å². The summed E-state index contributed by atoms with van der Waals surface area (Å²) >= 11 is 0. The molecule has 1 fully saturated rings. The van der Waals surface area contributed by atoms with E-state index in [2.05, 4.69) is 0 Å². The largest absolute Gasteiger partial charge is 0.508 e. The van der Waals surface area contributed by atoms with E-state index in [9.17, 15) is 9.90 Å². The van der Waals surface area contributed by atoms with Crippen LogP contribution in [-0.2, 0) is 0 Å². The second-order valence-corrected chi connectivity index (χ2v) is 4.57. The number of nitrogens with two attached hydrogens (primary N) is 1. The first kappa shape index (κ1) is 10.1. The van der Waals surface area contributed by atoms with Gasteiger partial charge < -0.3 is 10.8 Å². The average Bonchev–Trinajstić information content (AvgIpc) is 3.10. The van der Waals surface area contributed by atoms with Crippen LogP contribution in [0.4, 0.5) is 0 Å². The molecule has 0 atom stereocenters. The number of hydrogen-bond acceptors (Lipinski definition) is 2. The number of amides is 1. The summed E-state index contributed by atoms with van der Waals surface area (Å²) in [6.07, 6.45) is 2.26. The third-order valence-corrected chi connectivity index (χ3v) is 3.30. The number of carbonyl (C=O) groups is 1. The zero-order valence-corrected chi connectivity index (χ0v) is 9.31. The SMILES string of the molecule is NC(=O)c1c(C2CC2)ccc2cc(O)ccc12. The molecule has 0 heterocycles. The van der Waals surface area contributed by atoms with Crippen molar-refractivity contribution in [2.75, 3.05) is 0 Å². The van der Waals surface area contributed by atoms with E-state index in [0.29, 0.717) is 11.5 Å². The molecule has 3 nitrogen and oxygen atoms in total. The van der Waals surface area contributed by atoms with Crippen LogP contribution in [0.3, 0.4) is 0 Å². The Morgan fingerprint density at radius 1 is 1.24 bits per heavy atom. The first-order chi connectivity index (χ1) is 8.16. The van der Waals surface area contributed by atoms with Gasteiger partial charge >= 0.3 is 0 Å². The van der Waals surface area contributed by atoms with E-state index in [1.165, 1.54) is 0 Å². The third kappa shape index (κ3) is 1.64. The van der Waals surface area contributed by atoms with Gasteiger partial charge in [-0.2, -0.15) is 0 Å². The van der Waals surface area contributed by atoms with Crippen molar-refractivity contribution in [1.29, 1.82) is 0 Å². The molecule has 0 unspecified atom stereocenters. The van der Waals surface area contributed by atoms with Crippen LogP contribution in [0.25, 0.3) is 10.8 Å². The molecule has 0 saturated heterocycles. The van der Waals surface area contributed by atoms with E-state index in [0.717, 1.165) is 29.2 Å². The van der Waals surface area contributed by atoms with E-state index in [1.807, 2.05) is 12.1 Å². The smallest absolute Gasteiger partial charge is 0.249 e. The van der Waals surface area contributed by atoms with E-state index in [-0.39, 0.29) is 11.7 Å². The van der Waals surface area contributed by atoms with Crippen LogP contribution in [0.5, 0.6) is 5.75 Å².